The number of anilines is 1. The fourth-order valence-electron chi connectivity index (χ4n) is 1.76. The Morgan fingerprint density at radius 2 is 2.30 bits per heavy atom. The van der Waals surface area contributed by atoms with Gasteiger partial charge in [0.2, 0.25) is 0 Å². The van der Waals surface area contributed by atoms with Crippen LogP contribution in [-0.4, -0.2) is 39.6 Å². The molecule has 0 saturated carbocycles. The summed E-state index contributed by atoms with van der Waals surface area (Å²) in [5.74, 6) is 0.410. The van der Waals surface area contributed by atoms with Crippen molar-refractivity contribution in [3.63, 3.8) is 0 Å². The summed E-state index contributed by atoms with van der Waals surface area (Å²) in [6.07, 6.45) is 3.42. The Morgan fingerprint density at radius 3 is 2.95 bits per heavy atom. The number of nitrogens with zero attached hydrogens (tertiary/aromatic N) is 3. The van der Waals surface area contributed by atoms with E-state index in [1.54, 1.807) is 36.5 Å². The Labute approximate surface area is 122 Å². The van der Waals surface area contributed by atoms with E-state index >= 15 is 0 Å². The Bertz CT molecular complexity index is 584. The van der Waals surface area contributed by atoms with Gasteiger partial charge in [-0.15, -0.1) is 0 Å². The number of rotatable bonds is 5. The highest BCUT2D eigenvalue weighted by Gasteiger charge is 2.18. The van der Waals surface area contributed by atoms with Gasteiger partial charge in [0.15, 0.2) is 0 Å². The van der Waals surface area contributed by atoms with E-state index in [9.17, 15) is 4.79 Å². The lowest BCUT2D eigenvalue weighted by Gasteiger charge is -2.17. The van der Waals surface area contributed by atoms with Gasteiger partial charge in [-0.05, 0) is 19.1 Å². The Balaban J connectivity index is 2.17. The second kappa shape index (κ2) is 6.38. The summed E-state index contributed by atoms with van der Waals surface area (Å²) in [7, 11) is 1.70. The Hall–Kier alpha value is -2.08. The molecule has 0 spiro atoms. The fourth-order valence-corrected chi connectivity index (χ4v) is 1.95. The number of hydrogen-bond acceptors (Lipinski definition) is 4. The zero-order chi connectivity index (χ0) is 14.5. The molecule has 0 radical (unpaired) electrons. The topological polar surface area (TPSA) is 73.9 Å². The number of carbonyl (C=O) groups is 1. The fraction of sp³-hybridized carbons (Fsp3) is 0.308. The summed E-state index contributed by atoms with van der Waals surface area (Å²) in [6.45, 7) is 3.13. The zero-order valence-electron chi connectivity index (χ0n) is 11.4. The SMILES string of the molecule is CCNc1ccc(Cl)c(C(=O)N(C)Cc2cn[nH]c2)n1. The van der Waals surface area contributed by atoms with Gasteiger partial charge in [0.05, 0.1) is 11.2 Å². The summed E-state index contributed by atoms with van der Waals surface area (Å²) in [6, 6.07) is 3.42. The van der Waals surface area contributed by atoms with Gasteiger partial charge >= 0.3 is 0 Å². The lowest BCUT2D eigenvalue weighted by atomic mass is 10.2. The molecule has 0 aliphatic carbocycles. The number of aromatic amines is 1. The van der Waals surface area contributed by atoms with Crippen molar-refractivity contribution in [1.29, 1.82) is 0 Å². The molecule has 7 heteroatoms. The quantitative estimate of drug-likeness (QED) is 0.886. The third kappa shape index (κ3) is 3.27. The van der Waals surface area contributed by atoms with Crippen LogP contribution in [0.5, 0.6) is 0 Å². The molecular formula is C13H16ClN5O. The molecule has 2 N–H and O–H groups in total. The number of aromatic nitrogens is 3. The second-order valence-electron chi connectivity index (χ2n) is 4.33. The molecule has 0 aliphatic rings. The van der Waals surface area contributed by atoms with E-state index in [0.29, 0.717) is 17.4 Å². The first kappa shape index (κ1) is 14.3. The highest BCUT2D eigenvalue weighted by molar-refractivity contribution is 6.33. The van der Waals surface area contributed by atoms with Crippen LogP contribution in [0.1, 0.15) is 23.0 Å². The van der Waals surface area contributed by atoms with Gasteiger partial charge in [-0.25, -0.2) is 4.98 Å². The third-order valence-electron chi connectivity index (χ3n) is 2.73. The third-order valence-corrected chi connectivity index (χ3v) is 3.03. The van der Waals surface area contributed by atoms with Gasteiger partial charge in [0.1, 0.15) is 11.5 Å². The molecule has 2 aromatic heterocycles. The van der Waals surface area contributed by atoms with Gasteiger partial charge in [-0.3, -0.25) is 9.89 Å². The Kier molecular flexibility index (Phi) is 4.57. The summed E-state index contributed by atoms with van der Waals surface area (Å²) in [5, 5.41) is 9.96. The summed E-state index contributed by atoms with van der Waals surface area (Å²) >= 11 is 6.06. The van der Waals surface area contributed by atoms with Crippen molar-refractivity contribution in [3.05, 3.63) is 40.8 Å². The molecule has 6 nitrogen and oxygen atoms in total. The van der Waals surface area contributed by atoms with Crippen LogP contribution in [0.25, 0.3) is 0 Å². The largest absolute Gasteiger partial charge is 0.370 e. The molecule has 1 amide bonds. The number of pyridine rings is 1. The van der Waals surface area contributed by atoms with E-state index in [1.165, 1.54) is 0 Å². The molecule has 0 saturated heterocycles. The highest BCUT2D eigenvalue weighted by atomic mass is 35.5. The number of nitrogens with one attached hydrogen (secondary N) is 2. The minimum atomic E-state index is -0.226. The Morgan fingerprint density at radius 1 is 1.50 bits per heavy atom. The first-order valence-corrected chi connectivity index (χ1v) is 6.63. The van der Waals surface area contributed by atoms with Gasteiger partial charge in [-0.1, -0.05) is 11.6 Å². The van der Waals surface area contributed by atoms with Gasteiger partial charge < -0.3 is 10.2 Å². The molecule has 0 aromatic carbocycles. The molecule has 0 bridgehead atoms. The van der Waals surface area contributed by atoms with Crippen LogP contribution in [0.15, 0.2) is 24.5 Å². The van der Waals surface area contributed by atoms with E-state index in [2.05, 4.69) is 20.5 Å². The summed E-state index contributed by atoms with van der Waals surface area (Å²) in [4.78, 5) is 18.2. The molecule has 2 aromatic rings. The minimum absolute atomic E-state index is 0.226. The number of halogens is 1. The molecule has 0 atom stereocenters. The average Bonchev–Trinajstić information content (AvgIpc) is 2.93. The van der Waals surface area contributed by atoms with Crippen LogP contribution >= 0.6 is 11.6 Å². The van der Waals surface area contributed by atoms with Gasteiger partial charge in [-0.2, -0.15) is 5.10 Å². The predicted molar refractivity (Wildman–Crippen MR) is 77.8 cm³/mol. The maximum atomic E-state index is 12.4. The molecule has 2 heterocycles. The minimum Gasteiger partial charge on any atom is -0.370 e. The van der Waals surface area contributed by atoms with E-state index in [0.717, 1.165) is 12.1 Å². The number of H-pyrrole nitrogens is 1. The zero-order valence-corrected chi connectivity index (χ0v) is 12.1. The monoisotopic (exact) mass is 293 g/mol. The van der Waals surface area contributed by atoms with Crippen LogP contribution in [-0.2, 0) is 6.54 Å². The van der Waals surface area contributed by atoms with Crippen molar-refractivity contribution in [2.24, 2.45) is 0 Å². The number of carbonyl (C=O) groups excluding carboxylic acids is 1. The van der Waals surface area contributed by atoms with Crippen LogP contribution in [0, 0.1) is 0 Å². The lowest BCUT2D eigenvalue weighted by molar-refractivity contribution is 0.0779. The second-order valence-corrected chi connectivity index (χ2v) is 4.73. The van der Waals surface area contributed by atoms with Crippen LogP contribution < -0.4 is 5.32 Å². The van der Waals surface area contributed by atoms with Crippen molar-refractivity contribution < 1.29 is 4.79 Å². The van der Waals surface area contributed by atoms with Gasteiger partial charge in [0.25, 0.3) is 5.91 Å². The molecular weight excluding hydrogens is 278 g/mol. The van der Waals surface area contributed by atoms with Crippen LogP contribution in [0.4, 0.5) is 5.82 Å². The van der Waals surface area contributed by atoms with Crippen molar-refractivity contribution in [3.8, 4) is 0 Å². The first-order valence-electron chi connectivity index (χ1n) is 6.25. The molecule has 0 fully saturated rings. The van der Waals surface area contributed by atoms with E-state index < -0.39 is 0 Å². The molecule has 20 heavy (non-hydrogen) atoms. The summed E-state index contributed by atoms with van der Waals surface area (Å²) in [5.41, 5.74) is 1.16. The van der Waals surface area contributed by atoms with Crippen molar-refractivity contribution in [1.82, 2.24) is 20.1 Å². The highest BCUT2D eigenvalue weighted by Crippen LogP contribution is 2.18. The van der Waals surface area contributed by atoms with E-state index in [4.69, 9.17) is 11.6 Å². The normalized spacial score (nSPS) is 10.3. The number of amides is 1. The maximum Gasteiger partial charge on any atom is 0.274 e. The molecule has 0 unspecified atom stereocenters. The maximum absolute atomic E-state index is 12.4. The van der Waals surface area contributed by atoms with Crippen molar-refractivity contribution >= 4 is 23.3 Å². The first-order chi connectivity index (χ1) is 9.61. The predicted octanol–water partition coefficient (Wildman–Crippen LogP) is 2.16. The standard InChI is InChI=1S/C13H16ClN5O/c1-3-15-11-5-4-10(14)12(18-11)13(20)19(2)8-9-6-16-17-7-9/h4-7H,3,8H2,1-2H3,(H,15,18)(H,16,17). The lowest BCUT2D eigenvalue weighted by Crippen LogP contribution is -2.27. The molecule has 106 valence electrons. The van der Waals surface area contributed by atoms with Crippen LogP contribution in [0.3, 0.4) is 0 Å². The van der Waals surface area contributed by atoms with E-state index in [-0.39, 0.29) is 11.6 Å². The van der Waals surface area contributed by atoms with Crippen LogP contribution in [0.2, 0.25) is 5.02 Å². The molecule has 0 aliphatic heterocycles. The average molecular weight is 294 g/mol. The van der Waals surface area contributed by atoms with E-state index in [1.807, 2.05) is 6.92 Å². The van der Waals surface area contributed by atoms with Gasteiger partial charge in [0, 0.05) is 31.9 Å². The smallest absolute Gasteiger partial charge is 0.274 e. The summed E-state index contributed by atoms with van der Waals surface area (Å²) < 4.78 is 0. The molecule has 2 rings (SSSR count). The van der Waals surface area contributed by atoms with Crippen molar-refractivity contribution in [2.45, 2.75) is 13.5 Å². The number of hydrogen-bond donors (Lipinski definition) is 2. The van der Waals surface area contributed by atoms with Crippen molar-refractivity contribution in [2.75, 3.05) is 18.9 Å².